The Labute approximate surface area is 171 Å². The quantitative estimate of drug-likeness (QED) is 0.640. The summed E-state index contributed by atoms with van der Waals surface area (Å²) < 4.78 is 38.9. The number of hydrogen-bond donors (Lipinski definition) is 3. The first-order valence-corrected chi connectivity index (χ1v) is 8.91. The van der Waals surface area contributed by atoms with Crippen LogP contribution in [0.25, 0.3) is 0 Å². The van der Waals surface area contributed by atoms with E-state index in [1.807, 2.05) is 30.3 Å². The van der Waals surface area contributed by atoms with Crippen molar-refractivity contribution < 1.29 is 27.6 Å². The Kier molecular flexibility index (Phi) is 7.93. The Balaban J connectivity index is 1.78. The molecule has 0 heterocycles. The second-order valence-electron chi connectivity index (χ2n) is 6.48. The summed E-state index contributed by atoms with van der Waals surface area (Å²) in [4.78, 5) is 37.0. The number of carbonyl (C=O) groups excluding carboxylic acids is 3. The van der Waals surface area contributed by atoms with Crippen LogP contribution in [0.15, 0.2) is 54.6 Å². The monoisotopic (exact) mass is 422 g/mol. The minimum absolute atomic E-state index is 0.233. The third-order valence-corrected chi connectivity index (χ3v) is 3.88. The molecule has 0 radical (unpaired) electrons. The molecule has 2 aromatic rings. The van der Waals surface area contributed by atoms with Gasteiger partial charge in [-0.25, -0.2) is 4.79 Å². The number of nitrogens with one attached hydrogen (secondary N) is 3. The fourth-order valence-electron chi connectivity index (χ4n) is 2.56. The van der Waals surface area contributed by atoms with Crippen molar-refractivity contribution in [2.24, 2.45) is 0 Å². The minimum Gasteiger partial charge on any atom is -0.334 e. The van der Waals surface area contributed by atoms with Gasteiger partial charge in [0.1, 0.15) is 0 Å². The molecule has 0 aromatic heterocycles. The molecular formula is C20H21F3N4O3. The summed E-state index contributed by atoms with van der Waals surface area (Å²) in [5, 5.41) is 6.83. The zero-order valence-electron chi connectivity index (χ0n) is 16.1. The maximum Gasteiger partial charge on any atom is 0.418 e. The minimum atomic E-state index is -4.61. The fraction of sp³-hybridized carbons (Fsp3) is 0.250. The van der Waals surface area contributed by atoms with Gasteiger partial charge in [0.15, 0.2) is 0 Å². The summed E-state index contributed by atoms with van der Waals surface area (Å²) in [6, 6.07) is 13.0. The molecule has 0 aliphatic carbocycles. The zero-order chi connectivity index (χ0) is 22.1. The fourth-order valence-corrected chi connectivity index (χ4v) is 2.56. The van der Waals surface area contributed by atoms with Crippen molar-refractivity contribution in [2.45, 2.75) is 12.7 Å². The van der Waals surface area contributed by atoms with E-state index in [1.165, 1.54) is 24.1 Å². The first-order valence-electron chi connectivity index (χ1n) is 8.91. The third-order valence-electron chi connectivity index (χ3n) is 3.88. The lowest BCUT2D eigenvalue weighted by Gasteiger charge is -2.17. The second kappa shape index (κ2) is 10.4. The van der Waals surface area contributed by atoms with Gasteiger partial charge in [-0.2, -0.15) is 13.2 Å². The molecule has 0 aliphatic rings. The number of anilines is 1. The van der Waals surface area contributed by atoms with Gasteiger partial charge in [-0.3, -0.25) is 19.8 Å². The molecule has 0 unspecified atom stereocenters. The maximum absolute atomic E-state index is 13.0. The highest BCUT2D eigenvalue weighted by Gasteiger charge is 2.33. The molecule has 3 N–H and O–H groups in total. The Morgan fingerprint density at radius 1 is 0.900 bits per heavy atom. The molecule has 0 fully saturated rings. The van der Waals surface area contributed by atoms with Gasteiger partial charge in [-0.05, 0) is 24.7 Å². The van der Waals surface area contributed by atoms with Gasteiger partial charge in [-0.15, -0.1) is 0 Å². The lowest BCUT2D eigenvalue weighted by molar-refractivity contribution is -0.137. The number of halogens is 3. The topological polar surface area (TPSA) is 90.5 Å². The van der Waals surface area contributed by atoms with Gasteiger partial charge in [-0.1, -0.05) is 42.5 Å². The van der Waals surface area contributed by atoms with E-state index >= 15 is 0 Å². The van der Waals surface area contributed by atoms with Crippen molar-refractivity contribution in [3.05, 3.63) is 65.7 Å². The van der Waals surface area contributed by atoms with Crippen LogP contribution < -0.4 is 16.0 Å². The van der Waals surface area contributed by atoms with Crippen LogP contribution in [0, 0.1) is 0 Å². The predicted octanol–water partition coefficient (Wildman–Crippen LogP) is 2.60. The summed E-state index contributed by atoms with van der Waals surface area (Å²) in [6.07, 6.45) is -4.61. The Morgan fingerprint density at radius 2 is 1.50 bits per heavy atom. The average molecular weight is 422 g/mol. The number of carbonyl (C=O) groups is 3. The molecule has 0 atom stereocenters. The largest absolute Gasteiger partial charge is 0.418 e. The summed E-state index contributed by atoms with van der Waals surface area (Å²) in [6.45, 7) is -0.408. The Hall–Kier alpha value is -3.40. The number of likely N-dealkylation sites (N-methyl/N-ethyl adjacent to an activating group) is 1. The van der Waals surface area contributed by atoms with E-state index in [-0.39, 0.29) is 25.3 Å². The van der Waals surface area contributed by atoms with Crippen molar-refractivity contribution in [2.75, 3.05) is 25.5 Å². The van der Waals surface area contributed by atoms with Crippen LogP contribution in [-0.4, -0.2) is 42.9 Å². The highest BCUT2D eigenvalue weighted by Crippen LogP contribution is 2.34. The standard InChI is InChI=1S/C20H21F3N4O3/c1-27(12-17(28)25-16-10-6-5-9-15(16)20(21,22)23)13-18(29)26-19(30)24-11-14-7-3-2-4-8-14/h2-10H,11-13H2,1H3,(H,25,28)(H2,24,26,29,30). The molecule has 0 spiro atoms. The van der Waals surface area contributed by atoms with E-state index in [1.54, 1.807) is 0 Å². The van der Waals surface area contributed by atoms with Gasteiger partial charge in [0.25, 0.3) is 0 Å². The van der Waals surface area contributed by atoms with Crippen LogP contribution in [0.3, 0.4) is 0 Å². The highest BCUT2D eigenvalue weighted by molar-refractivity contribution is 5.96. The predicted molar refractivity (Wildman–Crippen MR) is 104 cm³/mol. The van der Waals surface area contributed by atoms with Crippen LogP contribution >= 0.6 is 0 Å². The summed E-state index contributed by atoms with van der Waals surface area (Å²) in [5.74, 6) is -1.39. The van der Waals surface area contributed by atoms with Crippen molar-refractivity contribution in [3.8, 4) is 0 Å². The Morgan fingerprint density at radius 3 is 2.17 bits per heavy atom. The van der Waals surface area contributed by atoms with Crippen molar-refractivity contribution >= 4 is 23.5 Å². The van der Waals surface area contributed by atoms with E-state index < -0.39 is 29.6 Å². The number of hydrogen-bond acceptors (Lipinski definition) is 4. The van der Waals surface area contributed by atoms with Crippen LogP contribution in [0.1, 0.15) is 11.1 Å². The van der Waals surface area contributed by atoms with Crippen molar-refractivity contribution in [1.29, 1.82) is 0 Å². The van der Waals surface area contributed by atoms with Gasteiger partial charge in [0.05, 0.1) is 24.3 Å². The SMILES string of the molecule is CN(CC(=O)NC(=O)NCc1ccccc1)CC(=O)Nc1ccccc1C(F)(F)F. The third kappa shape index (κ3) is 7.55. The lowest BCUT2D eigenvalue weighted by atomic mass is 10.1. The molecular weight excluding hydrogens is 401 g/mol. The summed E-state index contributed by atoms with van der Waals surface area (Å²) >= 11 is 0. The van der Waals surface area contributed by atoms with E-state index in [0.717, 1.165) is 17.7 Å². The van der Waals surface area contributed by atoms with Gasteiger partial charge >= 0.3 is 12.2 Å². The van der Waals surface area contributed by atoms with Gasteiger partial charge in [0.2, 0.25) is 11.8 Å². The lowest BCUT2D eigenvalue weighted by Crippen LogP contribution is -2.44. The first-order chi connectivity index (χ1) is 14.1. The number of para-hydroxylation sites is 1. The molecule has 160 valence electrons. The van der Waals surface area contributed by atoms with E-state index in [4.69, 9.17) is 0 Å². The summed E-state index contributed by atoms with van der Waals surface area (Å²) in [7, 11) is 1.43. The van der Waals surface area contributed by atoms with E-state index in [9.17, 15) is 27.6 Å². The number of rotatable bonds is 7. The number of nitrogens with zero attached hydrogens (tertiary/aromatic N) is 1. The number of imide groups is 1. The summed E-state index contributed by atoms with van der Waals surface area (Å²) in [5.41, 5.74) is -0.477. The van der Waals surface area contributed by atoms with Crippen LogP contribution in [0.2, 0.25) is 0 Å². The van der Waals surface area contributed by atoms with Crippen LogP contribution in [-0.2, 0) is 22.3 Å². The van der Waals surface area contributed by atoms with Gasteiger partial charge < -0.3 is 10.6 Å². The second-order valence-corrected chi connectivity index (χ2v) is 6.48. The molecule has 0 bridgehead atoms. The number of urea groups is 1. The zero-order valence-corrected chi connectivity index (χ0v) is 16.1. The van der Waals surface area contributed by atoms with E-state index in [2.05, 4.69) is 16.0 Å². The molecule has 0 aliphatic heterocycles. The average Bonchev–Trinajstić information content (AvgIpc) is 2.66. The van der Waals surface area contributed by atoms with E-state index in [0.29, 0.717) is 0 Å². The highest BCUT2D eigenvalue weighted by atomic mass is 19.4. The molecule has 0 saturated heterocycles. The normalized spacial score (nSPS) is 11.1. The molecule has 0 saturated carbocycles. The van der Waals surface area contributed by atoms with Crippen LogP contribution in [0.4, 0.5) is 23.7 Å². The molecule has 2 rings (SSSR count). The van der Waals surface area contributed by atoms with Crippen LogP contribution in [0.5, 0.6) is 0 Å². The number of alkyl halides is 3. The smallest absolute Gasteiger partial charge is 0.334 e. The Bertz CT molecular complexity index is 888. The molecule has 7 nitrogen and oxygen atoms in total. The maximum atomic E-state index is 13.0. The molecule has 2 aromatic carbocycles. The molecule has 30 heavy (non-hydrogen) atoms. The molecule has 4 amide bonds. The first kappa shape index (κ1) is 22.9. The molecule has 10 heteroatoms. The van der Waals surface area contributed by atoms with Crippen molar-refractivity contribution in [1.82, 2.24) is 15.5 Å². The number of amides is 4. The van der Waals surface area contributed by atoms with Crippen molar-refractivity contribution in [3.63, 3.8) is 0 Å². The number of benzene rings is 2. The van der Waals surface area contributed by atoms with Gasteiger partial charge in [0, 0.05) is 6.54 Å².